The van der Waals surface area contributed by atoms with E-state index < -0.39 is 0 Å². The lowest BCUT2D eigenvalue weighted by Crippen LogP contribution is -2.48. The van der Waals surface area contributed by atoms with Gasteiger partial charge in [-0.25, -0.2) is 0 Å². The zero-order chi connectivity index (χ0) is 8.97. The van der Waals surface area contributed by atoms with Gasteiger partial charge >= 0.3 is 0 Å². The molecule has 0 aromatic carbocycles. The summed E-state index contributed by atoms with van der Waals surface area (Å²) >= 11 is 0. The Morgan fingerprint density at radius 2 is 2.50 bits per heavy atom. The maximum absolute atomic E-state index is 11.4. The third-order valence-electron chi connectivity index (χ3n) is 2.14. The van der Waals surface area contributed by atoms with Crippen LogP contribution in [-0.4, -0.2) is 43.5 Å². The second kappa shape index (κ2) is 4.42. The molecule has 1 aliphatic rings. The summed E-state index contributed by atoms with van der Waals surface area (Å²) in [5.41, 5.74) is 5.74. The van der Waals surface area contributed by atoms with E-state index in [9.17, 15) is 4.79 Å². The van der Waals surface area contributed by atoms with Gasteiger partial charge in [0.25, 0.3) is 0 Å². The Bertz CT molecular complexity index is 160. The summed E-state index contributed by atoms with van der Waals surface area (Å²) < 4.78 is 0. The average molecular weight is 171 g/mol. The van der Waals surface area contributed by atoms with Crippen molar-refractivity contribution in [2.75, 3.05) is 26.7 Å². The largest absolute Gasteiger partial charge is 0.340 e. The van der Waals surface area contributed by atoms with E-state index in [2.05, 4.69) is 5.32 Å². The molecular formula is C8H17N3O. The fourth-order valence-electron chi connectivity index (χ4n) is 1.50. The molecule has 70 valence electrons. The van der Waals surface area contributed by atoms with Gasteiger partial charge in [0.05, 0.1) is 6.54 Å². The molecule has 0 bridgehead atoms. The number of rotatable bonds is 2. The fraction of sp³-hybridized carbons (Fsp3) is 0.875. The molecule has 0 spiro atoms. The summed E-state index contributed by atoms with van der Waals surface area (Å²) in [5.74, 6) is 0.160. The minimum absolute atomic E-state index is 0.160. The van der Waals surface area contributed by atoms with Crippen LogP contribution in [0.1, 0.15) is 12.8 Å². The summed E-state index contributed by atoms with van der Waals surface area (Å²) in [4.78, 5) is 13.2. The Balaban J connectivity index is 2.35. The van der Waals surface area contributed by atoms with Crippen molar-refractivity contribution in [2.45, 2.75) is 18.9 Å². The molecule has 1 heterocycles. The van der Waals surface area contributed by atoms with E-state index in [1.165, 1.54) is 0 Å². The third kappa shape index (κ3) is 2.46. The van der Waals surface area contributed by atoms with Crippen molar-refractivity contribution in [1.29, 1.82) is 0 Å². The second-order valence-electron chi connectivity index (χ2n) is 3.27. The molecule has 0 radical (unpaired) electrons. The van der Waals surface area contributed by atoms with Crippen LogP contribution >= 0.6 is 0 Å². The average Bonchev–Trinajstić information content (AvgIpc) is 2.05. The van der Waals surface area contributed by atoms with Crippen LogP contribution in [-0.2, 0) is 4.79 Å². The van der Waals surface area contributed by atoms with Crippen LogP contribution in [0.3, 0.4) is 0 Å². The molecule has 1 rings (SSSR count). The summed E-state index contributed by atoms with van der Waals surface area (Å²) in [7, 11) is 1.78. The predicted octanol–water partition coefficient (Wildman–Crippen LogP) is -0.844. The molecule has 0 aromatic rings. The first-order valence-corrected chi connectivity index (χ1v) is 4.42. The molecule has 0 aliphatic carbocycles. The summed E-state index contributed by atoms with van der Waals surface area (Å²) in [6, 6.07) is 0.180. The first-order valence-electron chi connectivity index (χ1n) is 4.42. The van der Waals surface area contributed by atoms with Gasteiger partial charge in [0.15, 0.2) is 0 Å². The molecule has 0 saturated carbocycles. The van der Waals surface area contributed by atoms with Crippen molar-refractivity contribution in [3.05, 3.63) is 0 Å². The second-order valence-corrected chi connectivity index (χ2v) is 3.27. The van der Waals surface area contributed by atoms with Crippen LogP contribution in [0.15, 0.2) is 0 Å². The summed E-state index contributed by atoms with van der Waals surface area (Å²) in [6.45, 7) is 2.02. The maximum Gasteiger partial charge on any atom is 0.236 e. The first kappa shape index (κ1) is 9.48. The van der Waals surface area contributed by atoms with Gasteiger partial charge in [-0.1, -0.05) is 0 Å². The maximum atomic E-state index is 11.4. The van der Waals surface area contributed by atoms with Crippen LogP contribution in [0.4, 0.5) is 0 Å². The van der Waals surface area contributed by atoms with Crippen LogP contribution in [0, 0.1) is 0 Å². The highest BCUT2D eigenvalue weighted by Gasteiger charge is 2.19. The molecular weight excluding hydrogens is 154 g/mol. The number of nitrogens with zero attached hydrogens (tertiary/aromatic N) is 1. The van der Waals surface area contributed by atoms with Gasteiger partial charge in [-0.15, -0.1) is 0 Å². The lowest BCUT2D eigenvalue weighted by Gasteiger charge is -2.30. The predicted molar refractivity (Wildman–Crippen MR) is 47.7 cm³/mol. The number of nitrogens with one attached hydrogen (secondary N) is 1. The van der Waals surface area contributed by atoms with E-state index in [0.29, 0.717) is 6.54 Å². The molecule has 1 saturated heterocycles. The summed E-state index contributed by atoms with van der Waals surface area (Å²) in [5, 5.41) is 2.85. The smallest absolute Gasteiger partial charge is 0.236 e. The Kier molecular flexibility index (Phi) is 3.49. The highest BCUT2D eigenvalue weighted by molar-refractivity contribution is 5.78. The third-order valence-corrected chi connectivity index (χ3v) is 2.14. The Hall–Kier alpha value is -0.610. The van der Waals surface area contributed by atoms with E-state index in [4.69, 9.17) is 5.73 Å². The zero-order valence-electron chi connectivity index (χ0n) is 7.55. The Labute approximate surface area is 73.1 Å². The van der Waals surface area contributed by atoms with Gasteiger partial charge in [-0.05, 0) is 19.9 Å². The van der Waals surface area contributed by atoms with E-state index in [0.717, 1.165) is 25.9 Å². The number of amides is 1. The van der Waals surface area contributed by atoms with Crippen LogP contribution in [0.5, 0.6) is 0 Å². The van der Waals surface area contributed by atoms with Crippen molar-refractivity contribution in [2.24, 2.45) is 5.73 Å². The zero-order valence-corrected chi connectivity index (χ0v) is 7.55. The number of hydrogen-bond acceptors (Lipinski definition) is 3. The van der Waals surface area contributed by atoms with Gasteiger partial charge in [-0.3, -0.25) is 4.79 Å². The minimum atomic E-state index is 0.160. The molecule has 1 amide bonds. The number of nitrogens with two attached hydrogens (primary N) is 1. The number of likely N-dealkylation sites (tertiary alicyclic amines) is 1. The number of carbonyl (C=O) groups is 1. The van der Waals surface area contributed by atoms with Crippen molar-refractivity contribution >= 4 is 5.91 Å². The Morgan fingerprint density at radius 3 is 3.08 bits per heavy atom. The normalized spacial score (nSPS) is 24.2. The molecule has 0 unspecified atom stereocenters. The fourth-order valence-corrected chi connectivity index (χ4v) is 1.50. The quantitative estimate of drug-likeness (QED) is 0.569. The van der Waals surface area contributed by atoms with E-state index >= 15 is 0 Å². The minimum Gasteiger partial charge on any atom is -0.340 e. The standard InChI is InChI=1S/C8H17N3O/c1-10-5-8(12)11-4-2-3-7(9)6-11/h7,10H,2-6,9H2,1H3/t7-/m0/s1. The van der Waals surface area contributed by atoms with E-state index in [1.807, 2.05) is 4.90 Å². The monoisotopic (exact) mass is 171 g/mol. The highest BCUT2D eigenvalue weighted by atomic mass is 16.2. The van der Waals surface area contributed by atoms with Crippen LogP contribution in [0.25, 0.3) is 0 Å². The molecule has 0 aromatic heterocycles. The van der Waals surface area contributed by atoms with Gasteiger partial charge < -0.3 is 16.0 Å². The van der Waals surface area contributed by atoms with Gasteiger partial charge in [0.2, 0.25) is 5.91 Å². The van der Waals surface area contributed by atoms with Crippen molar-refractivity contribution < 1.29 is 4.79 Å². The molecule has 3 N–H and O–H groups in total. The van der Waals surface area contributed by atoms with Gasteiger partial charge in [-0.2, -0.15) is 0 Å². The number of likely N-dealkylation sites (N-methyl/N-ethyl adjacent to an activating group) is 1. The Morgan fingerprint density at radius 1 is 1.75 bits per heavy atom. The van der Waals surface area contributed by atoms with Crippen molar-refractivity contribution in [1.82, 2.24) is 10.2 Å². The molecule has 12 heavy (non-hydrogen) atoms. The SMILES string of the molecule is CNCC(=O)N1CCC[C@H](N)C1. The lowest BCUT2D eigenvalue weighted by atomic mass is 10.1. The summed E-state index contributed by atoms with van der Waals surface area (Å²) in [6.07, 6.45) is 2.08. The van der Waals surface area contributed by atoms with E-state index in [-0.39, 0.29) is 11.9 Å². The molecule has 1 aliphatic heterocycles. The van der Waals surface area contributed by atoms with Crippen LogP contribution < -0.4 is 11.1 Å². The number of piperidine rings is 1. The van der Waals surface area contributed by atoms with E-state index in [1.54, 1.807) is 7.05 Å². The highest BCUT2D eigenvalue weighted by Crippen LogP contribution is 2.07. The molecule has 4 heteroatoms. The first-order chi connectivity index (χ1) is 5.74. The van der Waals surface area contributed by atoms with Gasteiger partial charge in [0.1, 0.15) is 0 Å². The molecule has 1 fully saturated rings. The molecule has 4 nitrogen and oxygen atoms in total. The number of carbonyl (C=O) groups excluding carboxylic acids is 1. The van der Waals surface area contributed by atoms with Crippen molar-refractivity contribution in [3.8, 4) is 0 Å². The number of hydrogen-bond donors (Lipinski definition) is 2. The molecule has 1 atom stereocenters. The topological polar surface area (TPSA) is 58.4 Å². The van der Waals surface area contributed by atoms with Gasteiger partial charge in [0, 0.05) is 19.1 Å². The lowest BCUT2D eigenvalue weighted by molar-refractivity contribution is -0.131. The van der Waals surface area contributed by atoms with Crippen LogP contribution in [0.2, 0.25) is 0 Å². The van der Waals surface area contributed by atoms with Crippen molar-refractivity contribution in [3.63, 3.8) is 0 Å².